The summed E-state index contributed by atoms with van der Waals surface area (Å²) in [6.07, 6.45) is -3.42. The summed E-state index contributed by atoms with van der Waals surface area (Å²) in [7, 11) is 0. The van der Waals surface area contributed by atoms with Gasteiger partial charge in [0.2, 0.25) is 0 Å². The Bertz CT molecular complexity index is 943. The molecule has 1 aromatic heterocycles. The number of carboxylic acids is 1. The fourth-order valence-corrected chi connectivity index (χ4v) is 2.88. The van der Waals surface area contributed by atoms with E-state index in [1.54, 1.807) is 36.4 Å². The Balaban J connectivity index is 2.08. The molecule has 3 rings (SSSR count). The van der Waals surface area contributed by atoms with Crippen LogP contribution in [-0.2, 0) is 6.54 Å². The molecule has 0 unspecified atom stereocenters. The maximum absolute atomic E-state index is 12.8. The van der Waals surface area contributed by atoms with Gasteiger partial charge in [-0.1, -0.05) is 24.3 Å². The number of ether oxygens (including phenoxy) is 1. The van der Waals surface area contributed by atoms with Crippen molar-refractivity contribution in [3.63, 3.8) is 0 Å². The number of halogens is 3. The molecule has 2 aromatic carbocycles. The van der Waals surface area contributed by atoms with Crippen molar-refractivity contribution in [2.75, 3.05) is 6.61 Å². The minimum atomic E-state index is -4.45. The zero-order chi connectivity index (χ0) is 18.9. The summed E-state index contributed by atoms with van der Waals surface area (Å²) >= 11 is 0. The molecule has 4 nitrogen and oxygen atoms in total. The van der Waals surface area contributed by atoms with Crippen LogP contribution in [0.2, 0.25) is 0 Å². The van der Waals surface area contributed by atoms with Crippen molar-refractivity contribution in [2.45, 2.75) is 19.6 Å². The average molecular weight is 363 g/mol. The quantitative estimate of drug-likeness (QED) is 0.696. The molecule has 1 N–H and O–H groups in total. The molecule has 1 heterocycles. The van der Waals surface area contributed by atoms with Gasteiger partial charge in [-0.05, 0) is 36.2 Å². The van der Waals surface area contributed by atoms with Crippen molar-refractivity contribution in [3.8, 4) is 16.9 Å². The first kappa shape index (κ1) is 17.8. The number of benzene rings is 2. The monoisotopic (exact) mass is 363 g/mol. The second kappa shape index (κ2) is 6.74. The molecule has 0 saturated carbocycles. The van der Waals surface area contributed by atoms with Gasteiger partial charge in [0, 0.05) is 17.1 Å². The number of carbonyl (C=O) groups is 1. The van der Waals surface area contributed by atoms with Crippen molar-refractivity contribution in [1.82, 2.24) is 4.57 Å². The third kappa shape index (κ3) is 3.66. The molecule has 3 aromatic rings. The molecule has 0 aliphatic heterocycles. The predicted molar refractivity (Wildman–Crippen MR) is 91.6 cm³/mol. The van der Waals surface area contributed by atoms with Crippen molar-refractivity contribution in [2.24, 2.45) is 0 Å². The van der Waals surface area contributed by atoms with E-state index < -0.39 is 18.7 Å². The van der Waals surface area contributed by atoms with E-state index in [4.69, 9.17) is 4.74 Å². The Morgan fingerprint density at radius 3 is 2.35 bits per heavy atom. The second-order valence-electron chi connectivity index (χ2n) is 5.78. The minimum Gasteiger partial charge on any atom is -0.494 e. The van der Waals surface area contributed by atoms with Crippen LogP contribution in [0, 0.1) is 0 Å². The molecule has 0 aliphatic carbocycles. The molecule has 0 bridgehead atoms. The van der Waals surface area contributed by atoms with E-state index in [0.717, 1.165) is 16.3 Å². The highest BCUT2D eigenvalue weighted by Gasteiger charge is 2.29. The predicted octanol–water partition coefficient (Wildman–Crippen LogP) is 4.97. The first-order valence-corrected chi connectivity index (χ1v) is 7.94. The summed E-state index contributed by atoms with van der Waals surface area (Å²) in [5, 5.41) is 9.53. The second-order valence-corrected chi connectivity index (χ2v) is 5.78. The van der Waals surface area contributed by atoms with E-state index in [1.807, 2.05) is 6.92 Å². The lowest BCUT2D eigenvalue weighted by atomic mass is 10.0. The van der Waals surface area contributed by atoms with Crippen molar-refractivity contribution < 1.29 is 27.8 Å². The normalized spacial score (nSPS) is 11.7. The van der Waals surface area contributed by atoms with E-state index in [0.29, 0.717) is 17.9 Å². The molecule has 136 valence electrons. The van der Waals surface area contributed by atoms with Crippen LogP contribution in [0.5, 0.6) is 5.75 Å². The van der Waals surface area contributed by atoms with Gasteiger partial charge in [-0.2, -0.15) is 13.2 Å². The van der Waals surface area contributed by atoms with Gasteiger partial charge in [0.05, 0.1) is 12.2 Å². The van der Waals surface area contributed by atoms with Gasteiger partial charge in [0.25, 0.3) is 0 Å². The molecule has 0 amide bonds. The number of fused-ring (bicyclic) bond motifs is 1. The van der Waals surface area contributed by atoms with Gasteiger partial charge in [0.15, 0.2) is 0 Å². The molecule has 0 aliphatic rings. The van der Waals surface area contributed by atoms with Crippen LogP contribution in [0.15, 0.2) is 48.7 Å². The zero-order valence-electron chi connectivity index (χ0n) is 13.9. The van der Waals surface area contributed by atoms with Gasteiger partial charge in [-0.25, -0.2) is 4.79 Å². The largest absolute Gasteiger partial charge is 0.494 e. The first-order chi connectivity index (χ1) is 12.3. The maximum atomic E-state index is 12.8. The molecular weight excluding hydrogens is 347 g/mol. The first-order valence-electron chi connectivity index (χ1n) is 7.94. The molecule has 7 heteroatoms. The molecule has 0 saturated heterocycles. The lowest BCUT2D eigenvalue weighted by molar-refractivity contribution is -0.139. The molecule has 0 radical (unpaired) electrons. The molecule has 0 fully saturated rings. The summed E-state index contributed by atoms with van der Waals surface area (Å²) in [6.45, 7) is 1.16. The minimum absolute atomic E-state index is 0.150. The number of aromatic carboxylic acids is 1. The number of hydrogen-bond donors (Lipinski definition) is 1. The van der Waals surface area contributed by atoms with Crippen molar-refractivity contribution >= 4 is 16.9 Å². The molecule has 0 atom stereocenters. The fourth-order valence-electron chi connectivity index (χ4n) is 2.88. The van der Waals surface area contributed by atoms with Crippen LogP contribution in [0.1, 0.15) is 17.3 Å². The number of rotatable bonds is 5. The van der Waals surface area contributed by atoms with Gasteiger partial charge >= 0.3 is 12.1 Å². The lowest BCUT2D eigenvalue weighted by Gasteiger charge is -2.10. The Morgan fingerprint density at radius 1 is 1.12 bits per heavy atom. The highest BCUT2D eigenvalue weighted by atomic mass is 19.4. The number of aromatic nitrogens is 1. The average Bonchev–Trinajstić information content (AvgIpc) is 2.92. The lowest BCUT2D eigenvalue weighted by Crippen LogP contribution is -2.16. The summed E-state index contributed by atoms with van der Waals surface area (Å²) in [5.41, 5.74) is 1.57. The summed E-state index contributed by atoms with van der Waals surface area (Å²) in [4.78, 5) is 11.3. The summed E-state index contributed by atoms with van der Waals surface area (Å²) in [5.74, 6) is -0.560. The van der Waals surface area contributed by atoms with Crippen molar-refractivity contribution in [1.29, 1.82) is 0 Å². The smallest absolute Gasteiger partial charge is 0.406 e. The van der Waals surface area contributed by atoms with Gasteiger partial charge < -0.3 is 14.4 Å². The topological polar surface area (TPSA) is 51.5 Å². The SMILES string of the molecule is CCOc1ccc(-c2ccc3c(C(=O)O)cn(CC(F)(F)F)c3c2)cc1. The van der Waals surface area contributed by atoms with E-state index in [1.165, 1.54) is 6.07 Å². The highest BCUT2D eigenvalue weighted by molar-refractivity contribution is 6.04. The fraction of sp³-hybridized carbons (Fsp3) is 0.211. The van der Waals surface area contributed by atoms with Gasteiger partial charge in [0.1, 0.15) is 12.3 Å². The standard InChI is InChI=1S/C19H16F3NO3/c1-2-26-14-6-3-12(4-7-14)13-5-8-15-16(18(24)25)10-23(17(15)9-13)11-19(20,21)22/h3-10H,2,11H2,1H3,(H,24,25). The van der Waals surface area contributed by atoms with E-state index in [9.17, 15) is 23.1 Å². The summed E-state index contributed by atoms with van der Waals surface area (Å²) in [6, 6.07) is 12.0. The third-order valence-electron chi connectivity index (χ3n) is 3.96. The third-order valence-corrected chi connectivity index (χ3v) is 3.96. The van der Waals surface area contributed by atoms with Crippen LogP contribution < -0.4 is 4.74 Å². The Morgan fingerprint density at radius 2 is 1.77 bits per heavy atom. The summed E-state index contributed by atoms with van der Waals surface area (Å²) < 4.78 is 44.8. The Labute approximate surface area is 147 Å². The number of carboxylic acid groups (broad SMARTS) is 1. The van der Waals surface area contributed by atoms with Crippen LogP contribution >= 0.6 is 0 Å². The maximum Gasteiger partial charge on any atom is 0.406 e. The van der Waals surface area contributed by atoms with Crippen molar-refractivity contribution in [3.05, 3.63) is 54.2 Å². The van der Waals surface area contributed by atoms with E-state index >= 15 is 0 Å². The number of hydrogen-bond acceptors (Lipinski definition) is 2. The van der Waals surface area contributed by atoms with E-state index in [2.05, 4.69) is 0 Å². The highest BCUT2D eigenvalue weighted by Crippen LogP contribution is 2.31. The van der Waals surface area contributed by atoms with Gasteiger partial charge in [-0.3, -0.25) is 0 Å². The van der Waals surface area contributed by atoms with Crippen LogP contribution in [0.3, 0.4) is 0 Å². The Kier molecular flexibility index (Phi) is 4.63. The van der Waals surface area contributed by atoms with E-state index in [-0.39, 0.29) is 16.5 Å². The van der Waals surface area contributed by atoms with Crippen LogP contribution in [0.4, 0.5) is 13.2 Å². The van der Waals surface area contributed by atoms with Crippen LogP contribution in [0.25, 0.3) is 22.0 Å². The van der Waals surface area contributed by atoms with Crippen LogP contribution in [-0.4, -0.2) is 28.4 Å². The Hall–Kier alpha value is -2.96. The zero-order valence-corrected chi connectivity index (χ0v) is 13.9. The number of alkyl halides is 3. The van der Waals surface area contributed by atoms with Gasteiger partial charge in [-0.15, -0.1) is 0 Å². The molecule has 0 spiro atoms. The number of nitrogens with zero attached hydrogens (tertiary/aromatic N) is 1. The molecular formula is C19H16F3NO3. The molecule has 26 heavy (non-hydrogen) atoms.